The van der Waals surface area contributed by atoms with Crippen LogP contribution in [0.15, 0.2) is 42.7 Å². The summed E-state index contributed by atoms with van der Waals surface area (Å²) in [4.78, 5) is 11.9. The van der Waals surface area contributed by atoms with Crippen molar-refractivity contribution in [2.45, 2.75) is 18.9 Å². The molecule has 0 saturated heterocycles. The molecule has 2 rings (SSSR count). The van der Waals surface area contributed by atoms with Gasteiger partial charge in [-0.3, -0.25) is 4.79 Å². The Morgan fingerprint density at radius 2 is 2.19 bits per heavy atom. The SMILES string of the molecule is COCCCC(N)C(=O)Nc1ccc(-n2cccn2)cc1. The largest absolute Gasteiger partial charge is 0.385 e. The Morgan fingerprint density at radius 3 is 2.81 bits per heavy atom. The number of amides is 1. The van der Waals surface area contributed by atoms with Gasteiger partial charge in [0.05, 0.1) is 11.7 Å². The second-order valence-electron chi connectivity index (χ2n) is 4.73. The molecule has 0 fully saturated rings. The summed E-state index contributed by atoms with van der Waals surface area (Å²) in [5.74, 6) is -0.182. The summed E-state index contributed by atoms with van der Waals surface area (Å²) in [6.45, 7) is 0.611. The standard InChI is InChI=1S/C15H20N4O2/c1-21-11-2-4-14(16)15(20)18-12-5-7-13(8-6-12)19-10-3-9-17-19/h3,5-10,14H,2,4,11,16H2,1H3,(H,18,20). The monoisotopic (exact) mass is 288 g/mol. The molecule has 0 aliphatic heterocycles. The van der Waals surface area contributed by atoms with Crippen molar-refractivity contribution in [1.29, 1.82) is 0 Å². The number of nitrogens with zero attached hydrogens (tertiary/aromatic N) is 2. The van der Waals surface area contributed by atoms with Crippen LogP contribution in [0.2, 0.25) is 0 Å². The Morgan fingerprint density at radius 1 is 1.43 bits per heavy atom. The average Bonchev–Trinajstić information content (AvgIpc) is 3.02. The van der Waals surface area contributed by atoms with Crippen LogP contribution in [0.5, 0.6) is 0 Å². The van der Waals surface area contributed by atoms with Gasteiger partial charge in [0.1, 0.15) is 0 Å². The predicted molar refractivity (Wildman–Crippen MR) is 81.3 cm³/mol. The number of hydrogen-bond acceptors (Lipinski definition) is 4. The molecule has 0 spiro atoms. The molecule has 0 saturated carbocycles. The van der Waals surface area contributed by atoms with Crippen LogP contribution in [-0.4, -0.2) is 35.4 Å². The van der Waals surface area contributed by atoms with Crippen LogP contribution in [0, 0.1) is 0 Å². The molecule has 1 aromatic heterocycles. The predicted octanol–water partition coefficient (Wildman–Crippen LogP) is 1.56. The first-order valence-electron chi connectivity index (χ1n) is 6.86. The third-order valence-electron chi connectivity index (χ3n) is 3.10. The van der Waals surface area contributed by atoms with Gasteiger partial charge in [0.15, 0.2) is 0 Å². The van der Waals surface area contributed by atoms with Gasteiger partial charge in [0.2, 0.25) is 5.91 Å². The zero-order valence-corrected chi connectivity index (χ0v) is 12.0. The lowest BCUT2D eigenvalue weighted by Crippen LogP contribution is -2.35. The van der Waals surface area contributed by atoms with Crippen molar-refractivity contribution in [1.82, 2.24) is 9.78 Å². The Kier molecular flexibility index (Phi) is 5.48. The highest BCUT2D eigenvalue weighted by Gasteiger charge is 2.13. The maximum atomic E-state index is 11.9. The molecule has 1 heterocycles. The minimum Gasteiger partial charge on any atom is -0.385 e. The number of methoxy groups -OCH3 is 1. The van der Waals surface area contributed by atoms with E-state index in [1.807, 2.05) is 36.5 Å². The minimum absolute atomic E-state index is 0.182. The Hall–Kier alpha value is -2.18. The van der Waals surface area contributed by atoms with Crippen molar-refractivity contribution in [3.63, 3.8) is 0 Å². The first kappa shape index (κ1) is 15.2. The van der Waals surface area contributed by atoms with Gasteiger partial charge in [-0.15, -0.1) is 0 Å². The van der Waals surface area contributed by atoms with Crippen LogP contribution >= 0.6 is 0 Å². The fourth-order valence-electron chi connectivity index (χ4n) is 1.93. The lowest BCUT2D eigenvalue weighted by molar-refractivity contribution is -0.117. The lowest BCUT2D eigenvalue weighted by Gasteiger charge is -2.12. The first-order chi connectivity index (χ1) is 10.2. The van der Waals surface area contributed by atoms with Gasteiger partial charge < -0.3 is 15.8 Å². The summed E-state index contributed by atoms with van der Waals surface area (Å²) < 4.78 is 6.70. The van der Waals surface area contributed by atoms with Crippen LogP contribution in [0.3, 0.4) is 0 Å². The molecular formula is C15H20N4O2. The normalized spacial score (nSPS) is 12.1. The second kappa shape index (κ2) is 7.56. The van der Waals surface area contributed by atoms with E-state index in [9.17, 15) is 4.79 Å². The van der Waals surface area contributed by atoms with Crippen molar-refractivity contribution < 1.29 is 9.53 Å². The van der Waals surface area contributed by atoms with Gasteiger partial charge in [-0.25, -0.2) is 4.68 Å². The van der Waals surface area contributed by atoms with Crippen molar-refractivity contribution in [3.8, 4) is 5.69 Å². The molecule has 0 aliphatic rings. The van der Waals surface area contributed by atoms with Gasteiger partial charge in [-0.1, -0.05) is 0 Å². The molecular weight excluding hydrogens is 268 g/mol. The highest BCUT2D eigenvalue weighted by Crippen LogP contribution is 2.13. The van der Waals surface area contributed by atoms with E-state index in [1.54, 1.807) is 18.0 Å². The second-order valence-corrected chi connectivity index (χ2v) is 4.73. The number of rotatable bonds is 7. The van der Waals surface area contributed by atoms with Gasteiger partial charge in [-0.2, -0.15) is 5.10 Å². The van der Waals surface area contributed by atoms with E-state index < -0.39 is 6.04 Å². The van der Waals surface area contributed by atoms with Gasteiger partial charge in [-0.05, 0) is 43.2 Å². The third kappa shape index (κ3) is 4.40. The van der Waals surface area contributed by atoms with Gasteiger partial charge in [0.25, 0.3) is 0 Å². The molecule has 3 N–H and O–H groups in total. The van der Waals surface area contributed by atoms with Crippen LogP contribution in [0.4, 0.5) is 5.69 Å². The van der Waals surface area contributed by atoms with Crippen LogP contribution in [0.1, 0.15) is 12.8 Å². The quantitative estimate of drug-likeness (QED) is 0.758. The van der Waals surface area contributed by atoms with Crippen molar-refractivity contribution >= 4 is 11.6 Å². The van der Waals surface area contributed by atoms with Crippen LogP contribution in [-0.2, 0) is 9.53 Å². The van der Waals surface area contributed by atoms with E-state index in [2.05, 4.69) is 10.4 Å². The Bertz CT molecular complexity index is 552. The molecule has 1 amide bonds. The molecule has 0 aliphatic carbocycles. The van der Waals surface area contributed by atoms with E-state index in [4.69, 9.17) is 10.5 Å². The number of anilines is 1. The van der Waals surface area contributed by atoms with E-state index in [0.717, 1.165) is 17.8 Å². The molecule has 2 aromatic rings. The average molecular weight is 288 g/mol. The van der Waals surface area contributed by atoms with E-state index in [-0.39, 0.29) is 5.91 Å². The molecule has 21 heavy (non-hydrogen) atoms. The van der Waals surface area contributed by atoms with Crippen molar-refractivity contribution in [2.75, 3.05) is 19.0 Å². The highest BCUT2D eigenvalue weighted by molar-refractivity contribution is 5.94. The molecule has 112 valence electrons. The Balaban J connectivity index is 1.89. The molecule has 1 unspecified atom stereocenters. The molecule has 6 heteroatoms. The first-order valence-corrected chi connectivity index (χ1v) is 6.86. The summed E-state index contributed by atoms with van der Waals surface area (Å²) in [6.07, 6.45) is 4.95. The molecule has 6 nitrogen and oxygen atoms in total. The topological polar surface area (TPSA) is 82.2 Å². The van der Waals surface area contributed by atoms with Crippen molar-refractivity contribution in [3.05, 3.63) is 42.7 Å². The fourth-order valence-corrected chi connectivity index (χ4v) is 1.93. The molecule has 1 atom stereocenters. The maximum Gasteiger partial charge on any atom is 0.241 e. The summed E-state index contributed by atoms with van der Waals surface area (Å²) >= 11 is 0. The number of aromatic nitrogens is 2. The van der Waals surface area contributed by atoms with Crippen LogP contribution < -0.4 is 11.1 Å². The zero-order chi connectivity index (χ0) is 15.1. The smallest absolute Gasteiger partial charge is 0.241 e. The van der Waals surface area contributed by atoms with E-state index in [0.29, 0.717) is 13.0 Å². The van der Waals surface area contributed by atoms with Gasteiger partial charge in [0, 0.05) is 31.8 Å². The number of nitrogens with two attached hydrogens (primary N) is 1. The number of ether oxygens (including phenoxy) is 1. The molecule has 1 aromatic carbocycles. The Labute approximate surface area is 123 Å². The molecule has 0 bridgehead atoms. The number of carbonyl (C=O) groups excluding carboxylic acids is 1. The van der Waals surface area contributed by atoms with E-state index in [1.165, 1.54) is 0 Å². The number of nitrogens with one attached hydrogen (secondary N) is 1. The van der Waals surface area contributed by atoms with E-state index >= 15 is 0 Å². The summed E-state index contributed by atoms with van der Waals surface area (Å²) in [5, 5.41) is 6.95. The fraction of sp³-hybridized carbons (Fsp3) is 0.333. The number of carbonyl (C=O) groups is 1. The molecule has 0 radical (unpaired) electrons. The summed E-state index contributed by atoms with van der Waals surface area (Å²) in [5.41, 5.74) is 7.48. The lowest BCUT2D eigenvalue weighted by atomic mass is 10.1. The maximum absolute atomic E-state index is 11.9. The van der Waals surface area contributed by atoms with Gasteiger partial charge >= 0.3 is 0 Å². The third-order valence-corrected chi connectivity index (χ3v) is 3.10. The highest BCUT2D eigenvalue weighted by atomic mass is 16.5. The number of hydrogen-bond donors (Lipinski definition) is 2. The minimum atomic E-state index is -0.522. The zero-order valence-electron chi connectivity index (χ0n) is 12.0. The summed E-state index contributed by atoms with van der Waals surface area (Å²) in [6, 6.07) is 8.77. The van der Waals surface area contributed by atoms with Crippen molar-refractivity contribution in [2.24, 2.45) is 5.73 Å². The summed E-state index contributed by atoms with van der Waals surface area (Å²) in [7, 11) is 1.63. The number of benzene rings is 1. The van der Waals surface area contributed by atoms with Crippen LogP contribution in [0.25, 0.3) is 5.69 Å².